The fourth-order valence-corrected chi connectivity index (χ4v) is 1.34. The number of carbonyl (C=O) groups excluding carboxylic acids is 3. The second kappa shape index (κ2) is 2.66. The second-order valence-corrected chi connectivity index (χ2v) is 2.77. The molecule has 0 saturated heterocycles. The van der Waals surface area contributed by atoms with Crippen LogP contribution in [-0.4, -0.2) is 17.8 Å². The minimum Gasteiger partial charge on any atom is -0.386 e. The van der Waals surface area contributed by atoms with Gasteiger partial charge in [-0.2, -0.15) is 0 Å². The van der Waals surface area contributed by atoms with E-state index in [-0.39, 0.29) is 16.7 Å². The molecule has 0 spiro atoms. The molecule has 1 aliphatic rings. The monoisotopic (exact) mass is 191 g/mol. The van der Waals surface area contributed by atoms with Crippen molar-refractivity contribution in [2.45, 2.75) is 0 Å². The number of primary amides is 1. The number of carbonyl (C=O) groups is 3. The largest absolute Gasteiger partial charge is 0.386 e. The van der Waals surface area contributed by atoms with Gasteiger partial charge < -0.3 is 10.5 Å². The number of nitrogens with two attached hydrogens (primary N) is 1. The lowest BCUT2D eigenvalue weighted by molar-refractivity contribution is 0.0442. The minimum atomic E-state index is -0.820. The third-order valence-electron chi connectivity index (χ3n) is 1.94. The molecule has 5 nitrogen and oxygen atoms in total. The van der Waals surface area contributed by atoms with Gasteiger partial charge in [-0.15, -0.1) is 0 Å². The number of ether oxygens (including phenoxy) is 1. The minimum absolute atomic E-state index is 0.0124. The standard InChI is InChI=1S/C9H5NO4/c10-7(11)4-2-1-3-5-6(4)9(13)14-8(5)12/h1-3H,(H2,10,11). The maximum Gasteiger partial charge on any atom is 0.347 e. The molecule has 5 heteroatoms. The van der Waals surface area contributed by atoms with Crippen molar-refractivity contribution >= 4 is 17.8 Å². The molecule has 0 saturated carbocycles. The highest BCUT2D eigenvalue weighted by atomic mass is 16.6. The molecule has 0 radical (unpaired) electrons. The van der Waals surface area contributed by atoms with Crippen molar-refractivity contribution in [1.82, 2.24) is 0 Å². The summed E-state index contributed by atoms with van der Waals surface area (Å²) in [6, 6.07) is 4.26. The van der Waals surface area contributed by atoms with Gasteiger partial charge in [0.05, 0.1) is 16.7 Å². The Kier molecular flexibility index (Phi) is 1.60. The summed E-state index contributed by atoms with van der Waals surface area (Å²) in [5, 5.41) is 0. The number of cyclic esters (lactones) is 2. The Bertz CT molecular complexity index is 464. The van der Waals surface area contributed by atoms with Crippen molar-refractivity contribution in [3.05, 3.63) is 34.9 Å². The van der Waals surface area contributed by atoms with E-state index in [1.807, 2.05) is 0 Å². The molecule has 0 fully saturated rings. The van der Waals surface area contributed by atoms with E-state index in [0.717, 1.165) is 0 Å². The number of benzene rings is 1. The van der Waals surface area contributed by atoms with Gasteiger partial charge in [-0.1, -0.05) is 6.07 Å². The maximum absolute atomic E-state index is 11.2. The zero-order chi connectivity index (χ0) is 10.3. The first kappa shape index (κ1) is 8.43. The lowest BCUT2D eigenvalue weighted by Gasteiger charge is -1.98. The third-order valence-corrected chi connectivity index (χ3v) is 1.94. The molecule has 0 unspecified atom stereocenters. The smallest absolute Gasteiger partial charge is 0.347 e. The molecule has 2 rings (SSSR count). The van der Waals surface area contributed by atoms with Crippen LogP contribution in [0.3, 0.4) is 0 Å². The van der Waals surface area contributed by atoms with Crippen LogP contribution in [0.2, 0.25) is 0 Å². The number of fused-ring (bicyclic) bond motifs is 1. The Balaban J connectivity index is 2.74. The molecule has 2 N–H and O–H groups in total. The van der Waals surface area contributed by atoms with E-state index in [2.05, 4.69) is 4.74 Å². The fraction of sp³-hybridized carbons (Fsp3) is 0. The average Bonchev–Trinajstić information content (AvgIpc) is 2.43. The Labute approximate surface area is 78.5 Å². The van der Waals surface area contributed by atoms with Gasteiger partial charge in [-0.3, -0.25) is 4.79 Å². The second-order valence-electron chi connectivity index (χ2n) is 2.77. The third kappa shape index (κ3) is 0.990. The van der Waals surface area contributed by atoms with Crippen molar-refractivity contribution in [2.75, 3.05) is 0 Å². The quantitative estimate of drug-likeness (QED) is 0.503. The van der Waals surface area contributed by atoms with E-state index >= 15 is 0 Å². The topological polar surface area (TPSA) is 86.5 Å². The number of hydrogen-bond acceptors (Lipinski definition) is 4. The summed E-state index contributed by atoms with van der Waals surface area (Å²) >= 11 is 0. The Hall–Kier alpha value is -2.17. The van der Waals surface area contributed by atoms with E-state index in [0.29, 0.717) is 0 Å². The summed E-state index contributed by atoms with van der Waals surface area (Å²) in [7, 11) is 0. The summed E-state index contributed by atoms with van der Waals surface area (Å²) in [5.41, 5.74) is 5.10. The van der Waals surface area contributed by atoms with Crippen molar-refractivity contribution in [3.63, 3.8) is 0 Å². The van der Waals surface area contributed by atoms with Gasteiger partial charge >= 0.3 is 11.9 Å². The van der Waals surface area contributed by atoms with Gasteiger partial charge in [-0.25, -0.2) is 9.59 Å². The molecule has 0 atom stereocenters. The van der Waals surface area contributed by atoms with E-state index < -0.39 is 17.8 Å². The lowest BCUT2D eigenvalue weighted by Crippen LogP contribution is -2.15. The SMILES string of the molecule is NC(=O)c1cccc2c1C(=O)OC2=O. The van der Waals surface area contributed by atoms with Gasteiger partial charge in [0.25, 0.3) is 0 Å². The maximum atomic E-state index is 11.2. The summed E-state index contributed by atoms with van der Waals surface area (Å²) in [6.07, 6.45) is 0. The number of amides is 1. The summed E-state index contributed by atoms with van der Waals surface area (Å²) < 4.78 is 4.34. The predicted molar refractivity (Wildman–Crippen MR) is 44.7 cm³/mol. The van der Waals surface area contributed by atoms with Gasteiger partial charge in [0.15, 0.2) is 0 Å². The molecule has 14 heavy (non-hydrogen) atoms. The molecule has 1 aromatic carbocycles. The first-order chi connectivity index (χ1) is 6.61. The first-order valence-corrected chi connectivity index (χ1v) is 3.80. The van der Waals surface area contributed by atoms with Gasteiger partial charge in [0.2, 0.25) is 5.91 Å². The molecule has 0 aromatic heterocycles. The zero-order valence-electron chi connectivity index (χ0n) is 6.94. The summed E-state index contributed by atoms with van der Waals surface area (Å²) in [4.78, 5) is 33.1. The molecule has 0 bridgehead atoms. The molecular weight excluding hydrogens is 186 g/mol. The van der Waals surface area contributed by atoms with Crippen molar-refractivity contribution in [3.8, 4) is 0 Å². The highest BCUT2D eigenvalue weighted by Gasteiger charge is 2.33. The van der Waals surface area contributed by atoms with Crippen molar-refractivity contribution in [2.24, 2.45) is 5.73 Å². The van der Waals surface area contributed by atoms with Crippen LogP contribution in [0.25, 0.3) is 0 Å². The number of hydrogen-bond donors (Lipinski definition) is 1. The van der Waals surface area contributed by atoms with Crippen LogP contribution in [0, 0.1) is 0 Å². The van der Waals surface area contributed by atoms with Crippen molar-refractivity contribution in [1.29, 1.82) is 0 Å². The van der Waals surface area contributed by atoms with E-state index in [9.17, 15) is 14.4 Å². The fourth-order valence-electron chi connectivity index (χ4n) is 1.34. The van der Waals surface area contributed by atoms with Gasteiger partial charge in [-0.05, 0) is 12.1 Å². The summed E-state index contributed by atoms with van der Waals surface area (Å²) in [6.45, 7) is 0. The van der Waals surface area contributed by atoms with Crippen LogP contribution >= 0.6 is 0 Å². The zero-order valence-corrected chi connectivity index (χ0v) is 6.94. The van der Waals surface area contributed by atoms with Crippen LogP contribution in [0.5, 0.6) is 0 Å². The van der Waals surface area contributed by atoms with Crippen molar-refractivity contribution < 1.29 is 19.1 Å². The normalized spacial score (nSPS) is 13.7. The van der Waals surface area contributed by atoms with Gasteiger partial charge in [0, 0.05) is 0 Å². The van der Waals surface area contributed by atoms with Crippen LogP contribution in [0.1, 0.15) is 31.1 Å². The van der Waals surface area contributed by atoms with Crippen LogP contribution in [0.15, 0.2) is 18.2 Å². The van der Waals surface area contributed by atoms with Crippen LogP contribution in [0.4, 0.5) is 0 Å². The molecule has 1 aromatic rings. The highest BCUT2D eigenvalue weighted by Crippen LogP contribution is 2.22. The Morgan fingerprint density at radius 1 is 1.21 bits per heavy atom. The van der Waals surface area contributed by atoms with Crippen LogP contribution in [-0.2, 0) is 4.74 Å². The molecule has 1 aliphatic heterocycles. The molecule has 1 heterocycles. The Morgan fingerprint density at radius 2 is 1.93 bits per heavy atom. The lowest BCUT2D eigenvalue weighted by atomic mass is 10.0. The Morgan fingerprint density at radius 3 is 2.57 bits per heavy atom. The average molecular weight is 191 g/mol. The molecule has 1 amide bonds. The first-order valence-electron chi connectivity index (χ1n) is 3.80. The molecular formula is C9H5NO4. The highest BCUT2D eigenvalue weighted by molar-refractivity contribution is 6.19. The van der Waals surface area contributed by atoms with E-state index in [1.54, 1.807) is 0 Å². The predicted octanol–water partition coefficient (Wildman–Crippen LogP) is 0.0961. The summed E-state index contributed by atoms with van der Waals surface area (Å²) in [5.74, 6) is -2.32. The van der Waals surface area contributed by atoms with E-state index in [1.165, 1.54) is 18.2 Å². The molecule has 0 aliphatic carbocycles. The number of esters is 2. The van der Waals surface area contributed by atoms with Gasteiger partial charge in [0.1, 0.15) is 0 Å². The number of rotatable bonds is 1. The van der Waals surface area contributed by atoms with Crippen LogP contribution < -0.4 is 5.73 Å². The molecule has 70 valence electrons. The van der Waals surface area contributed by atoms with E-state index in [4.69, 9.17) is 5.73 Å².